The predicted molar refractivity (Wildman–Crippen MR) is 72.3 cm³/mol. The largest absolute Gasteiger partial charge is 0.385 e. The van der Waals surface area contributed by atoms with E-state index in [9.17, 15) is 0 Å². The minimum Gasteiger partial charge on any atom is -0.385 e. The summed E-state index contributed by atoms with van der Waals surface area (Å²) in [6, 6.07) is 0. The minimum atomic E-state index is 0.0843. The highest BCUT2D eigenvalue weighted by atomic mass is 16.5. The number of hydrogen-bond donors (Lipinski definition) is 1. The van der Waals surface area contributed by atoms with Crippen LogP contribution < -0.4 is 5.73 Å². The van der Waals surface area contributed by atoms with Gasteiger partial charge in [0.2, 0.25) is 0 Å². The molecule has 0 aliphatic heterocycles. The van der Waals surface area contributed by atoms with Crippen LogP contribution >= 0.6 is 0 Å². The molecule has 2 N–H and O–H groups in total. The average Bonchev–Trinajstić information content (AvgIpc) is 2.33. The SMILES string of the molecule is CCCC(C)(CN)N(CCCOC)CCOC. The third kappa shape index (κ3) is 6.36. The van der Waals surface area contributed by atoms with E-state index in [1.165, 1.54) is 0 Å². The number of nitrogens with zero attached hydrogens (tertiary/aromatic N) is 1. The van der Waals surface area contributed by atoms with E-state index < -0.39 is 0 Å². The van der Waals surface area contributed by atoms with E-state index >= 15 is 0 Å². The molecule has 4 heteroatoms. The Hall–Kier alpha value is -0.160. The Morgan fingerprint density at radius 1 is 1.12 bits per heavy atom. The first-order valence-corrected chi connectivity index (χ1v) is 6.57. The first kappa shape index (κ1) is 16.8. The van der Waals surface area contributed by atoms with Gasteiger partial charge in [-0.05, 0) is 19.8 Å². The summed E-state index contributed by atoms with van der Waals surface area (Å²) in [5.74, 6) is 0. The molecule has 0 bridgehead atoms. The van der Waals surface area contributed by atoms with Crippen molar-refractivity contribution >= 4 is 0 Å². The van der Waals surface area contributed by atoms with Crippen molar-refractivity contribution < 1.29 is 9.47 Å². The van der Waals surface area contributed by atoms with Crippen LogP contribution in [0.3, 0.4) is 0 Å². The van der Waals surface area contributed by atoms with Crippen LogP contribution in [0, 0.1) is 0 Å². The highest BCUT2D eigenvalue weighted by molar-refractivity contribution is 4.87. The summed E-state index contributed by atoms with van der Waals surface area (Å²) in [6.07, 6.45) is 3.32. The average molecular weight is 246 g/mol. The number of methoxy groups -OCH3 is 2. The topological polar surface area (TPSA) is 47.7 Å². The van der Waals surface area contributed by atoms with Crippen LogP contribution in [-0.4, -0.2) is 57.5 Å². The molecule has 0 fully saturated rings. The summed E-state index contributed by atoms with van der Waals surface area (Å²) in [4.78, 5) is 2.44. The van der Waals surface area contributed by atoms with Crippen LogP contribution in [-0.2, 0) is 9.47 Å². The highest BCUT2D eigenvalue weighted by Gasteiger charge is 2.28. The number of rotatable bonds is 11. The zero-order valence-corrected chi connectivity index (χ0v) is 12.0. The number of ether oxygens (including phenoxy) is 2. The van der Waals surface area contributed by atoms with Crippen LogP contribution in [0.5, 0.6) is 0 Å². The molecule has 0 aromatic heterocycles. The van der Waals surface area contributed by atoms with Crippen molar-refractivity contribution in [1.82, 2.24) is 4.90 Å². The Balaban J connectivity index is 4.38. The third-order valence-corrected chi connectivity index (χ3v) is 3.33. The van der Waals surface area contributed by atoms with Gasteiger partial charge in [0.05, 0.1) is 6.61 Å². The van der Waals surface area contributed by atoms with Gasteiger partial charge in [0, 0.05) is 46.0 Å². The van der Waals surface area contributed by atoms with Crippen molar-refractivity contribution in [3.8, 4) is 0 Å². The maximum absolute atomic E-state index is 5.96. The zero-order chi connectivity index (χ0) is 13.1. The molecule has 1 atom stereocenters. The van der Waals surface area contributed by atoms with Gasteiger partial charge in [0.25, 0.3) is 0 Å². The van der Waals surface area contributed by atoms with Crippen molar-refractivity contribution in [2.45, 2.75) is 38.6 Å². The van der Waals surface area contributed by atoms with Crippen molar-refractivity contribution in [1.29, 1.82) is 0 Å². The Kier molecular flexibility index (Phi) is 9.74. The van der Waals surface area contributed by atoms with Gasteiger partial charge in [-0.2, -0.15) is 0 Å². The van der Waals surface area contributed by atoms with Gasteiger partial charge in [-0.3, -0.25) is 4.90 Å². The standard InChI is InChI=1S/C13H30N2O2/c1-5-7-13(2,12-14)15(9-11-17-4)8-6-10-16-3/h5-12,14H2,1-4H3. The molecule has 0 aliphatic carbocycles. The fraction of sp³-hybridized carbons (Fsp3) is 1.00. The zero-order valence-electron chi connectivity index (χ0n) is 12.0. The van der Waals surface area contributed by atoms with Gasteiger partial charge in [0.1, 0.15) is 0 Å². The molecule has 0 rings (SSSR count). The molecule has 4 nitrogen and oxygen atoms in total. The Morgan fingerprint density at radius 2 is 1.76 bits per heavy atom. The molecule has 104 valence electrons. The summed E-state index contributed by atoms with van der Waals surface area (Å²) in [5, 5.41) is 0. The maximum Gasteiger partial charge on any atom is 0.0589 e. The van der Waals surface area contributed by atoms with Gasteiger partial charge in [-0.15, -0.1) is 0 Å². The quantitative estimate of drug-likeness (QED) is 0.561. The predicted octanol–water partition coefficient (Wildman–Crippen LogP) is 1.49. The van der Waals surface area contributed by atoms with Crippen LogP contribution in [0.15, 0.2) is 0 Å². The molecule has 0 saturated heterocycles. The highest BCUT2D eigenvalue weighted by Crippen LogP contribution is 2.20. The third-order valence-electron chi connectivity index (χ3n) is 3.33. The van der Waals surface area contributed by atoms with E-state index in [1.807, 2.05) is 0 Å². The molecule has 0 aromatic carbocycles. The van der Waals surface area contributed by atoms with Crippen LogP contribution in [0.4, 0.5) is 0 Å². The summed E-state index contributed by atoms with van der Waals surface area (Å²) in [5.41, 5.74) is 6.04. The second-order valence-corrected chi connectivity index (χ2v) is 4.78. The lowest BCUT2D eigenvalue weighted by atomic mass is 9.93. The van der Waals surface area contributed by atoms with Crippen LogP contribution in [0.25, 0.3) is 0 Å². The molecular formula is C13H30N2O2. The summed E-state index contributed by atoms with van der Waals surface area (Å²) in [7, 11) is 3.49. The lowest BCUT2D eigenvalue weighted by Gasteiger charge is -2.40. The smallest absolute Gasteiger partial charge is 0.0589 e. The van der Waals surface area contributed by atoms with E-state index in [0.29, 0.717) is 6.54 Å². The first-order valence-electron chi connectivity index (χ1n) is 6.57. The molecular weight excluding hydrogens is 216 g/mol. The van der Waals surface area contributed by atoms with E-state index in [1.54, 1.807) is 14.2 Å². The van der Waals surface area contributed by atoms with Crippen molar-refractivity contribution in [2.75, 3.05) is 47.1 Å². The van der Waals surface area contributed by atoms with Crippen molar-refractivity contribution in [2.24, 2.45) is 5.73 Å². The number of hydrogen-bond acceptors (Lipinski definition) is 4. The van der Waals surface area contributed by atoms with Crippen molar-refractivity contribution in [3.05, 3.63) is 0 Å². The van der Waals surface area contributed by atoms with Gasteiger partial charge in [-0.1, -0.05) is 13.3 Å². The molecule has 1 unspecified atom stereocenters. The van der Waals surface area contributed by atoms with Gasteiger partial charge in [-0.25, -0.2) is 0 Å². The monoisotopic (exact) mass is 246 g/mol. The van der Waals surface area contributed by atoms with Gasteiger partial charge < -0.3 is 15.2 Å². The van der Waals surface area contributed by atoms with E-state index in [0.717, 1.165) is 45.6 Å². The van der Waals surface area contributed by atoms with Crippen LogP contribution in [0.2, 0.25) is 0 Å². The summed E-state index contributed by atoms with van der Waals surface area (Å²) >= 11 is 0. The van der Waals surface area contributed by atoms with Crippen LogP contribution in [0.1, 0.15) is 33.1 Å². The molecule has 0 aromatic rings. The van der Waals surface area contributed by atoms with E-state index in [2.05, 4.69) is 18.7 Å². The maximum atomic E-state index is 5.96. The Labute approximate surface area is 106 Å². The second-order valence-electron chi connectivity index (χ2n) is 4.78. The Morgan fingerprint density at radius 3 is 2.24 bits per heavy atom. The molecule has 0 radical (unpaired) electrons. The number of nitrogens with two attached hydrogens (primary N) is 1. The molecule has 0 amide bonds. The molecule has 0 heterocycles. The molecule has 17 heavy (non-hydrogen) atoms. The summed E-state index contributed by atoms with van der Waals surface area (Å²) in [6.45, 7) is 8.66. The Bertz CT molecular complexity index is 179. The minimum absolute atomic E-state index is 0.0843. The van der Waals surface area contributed by atoms with E-state index in [-0.39, 0.29) is 5.54 Å². The second kappa shape index (κ2) is 9.83. The lowest BCUT2D eigenvalue weighted by Crippen LogP contribution is -2.53. The fourth-order valence-electron chi connectivity index (χ4n) is 2.18. The lowest BCUT2D eigenvalue weighted by molar-refractivity contribution is 0.0559. The molecule has 0 spiro atoms. The summed E-state index contributed by atoms with van der Waals surface area (Å²) < 4.78 is 10.3. The van der Waals surface area contributed by atoms with Gasteiger partial charge in [0.15, 0.2) is 0 Å². The van der Waals surface area contributed by atoms with Crippen molar-refractivity contribution in [3.63, 3.8) is 0 Å². The molecule has 0 aliphatic rings. The molecule has 0 saturated carbocycles. The van der Waals surface area contributed by atoms with Gasteiger partial charge >= 0.3 is 0 Å². The fourth-order valence-corrected chi connectivity index (χ4v) is 2.18. The normalized spacial score (nSPS) is 15.2. The first-order chi connectivity index (χ1) is 8.14. The van der Waals surface area contributed by atoms with E-state index in [4.69, 9.17) is 15.2 Å².